The van der Waals surface area contributed by atoms with Crippen molar-refractivity contribution in [3.8, 4) is 33.8 Å². The molecule has 0 bridgehead atoms. The van der Waals surface area contributed by atoms with Crippen molar-refractivity contribution in [2.24, 2.45) is 0 Å². The standard InChI is InChI=1S/C62H52N2O2/c1-8-50(38-42(3)63(47-23-14-10-15-24-47)48-25-16-11-17-26-48)65-58-36-34-51-44(5)60(66-59-30-20-28-54(58)61(51)59)39-43(4)64(57-35-31-46(37-41(57)2)45-21-12-9-13-22-45)49-32-33-53-52-27-18-19-29-55(52)62(6,7)56(53)40-49/h8-25,27-40,48H,1,3-5,26H2,2,6-7H3. The first kappa shape index (κ1) is 41.9. The van der Waals surface area contributed by atoms with Crippen LogP contribution >= 0.6 is 0 Å². The summed E-state index contributed by atoms with van der Waals surface area (Å²) in [6, 6.07) is 53.3. The molecular weight excluding hydrogens is 805 g/mol. The molecule has 66 heavy (non-hydrogen) atoms. The van der Waals surface area contributed by atoms with Crippen LogP contribution in [0.4, 0.5) is 17.1 Å². The highest BCUT2D eigenvalue weighted by atomic mass is 16.5. The number of hydrogen-bond acceptors (Lipinski definition) is 4. The highest BCUT2D eigenvalue weighted by molar-refractivity contribution is 6.05. The molecule has 0 saturated heterocycles. The molecule has 0 N–H and O–H groups in total. The summed E-state index contributed by atoms with van der Waals surface area (Å²) in [5.74, 6) is 2.60. The van der Waals surface area contributed by atoms with Gasteiger partial charge in [-0.3, -0.25) is 0 Å². The van der Waals surface area contributed by atoms with Crippen LogP contribution in [0.15, 0.2) is 243 Å². The van der Waals surface area contributed by atoms with Gasteiger partial charge in [0, 0.05) is 62.4 Å². The molecule has 1 unspecified atom stereocenters. The summed E-state index contributed by atoms with van der Waals surface area (Å²) >= 11 is 0. The third kappa shape index (κ3) is 7.50. The van der Waals surface area contributed by atoms with Gasteiger partial charge in [-0.2, -0.15) is 0 Å². The van der Waals surface area contributed by atoms with Crippen LogP contribution in [0.3, 0.4) is 0 Å². The van der Waals surface area contributed by atoms with Crippen molar-refractivity contribution in [3.63, 3.8) is 0 Å². The molecule has 322 valence electrons. The maximum atomic E-state index is 6.81. The van der Waals surface area contributed by atoms with Crippen LogP contribution in [0.2, 0.25) is 0 Å². The lowest BCUT2D eigenvalue weighted by atomic mass is 9.82. The van der Waals surface area contributed by atoms with Gasteiger partial charge in [0.15, 0.2) is 0 Å². The Morgan fingerprint density at radius 2 is 1.45 bits per heavy atom. The number of fused-ring (bicyclic) bond motifs is 3. The Hall–Kier alpha value is -8.08. The predicted octanol–water partition coefficient (Wildman–Crippen LogP) is 16.1. The Kier molecular flexibility index (Phi) is 10.9. The summed E-state index contributed by atoms with van der Waals surface area (Å²) in [6.07, 6.45) is 15.1. The van der Waals surface area contributed by atoms with Crippen molar-refractivity contribution in [2.45, 2.75) is 38.6 Å². The monoisotopic (exact) mass is 856 g/mol. The van der Waals surface area contributed by atoms with Crippen molar-refractivity contribution in [2.75, 3.05) is 9.80 Å². The second-order valence-electron chi connectivity index (χ2n) is 17.6. The number of benzene rings is 7. The average Bonchev–Trinajstić information content (AvgIpc) is 3.57. The van der Waals surface area contributed by atoms with Crippen molar-refractivity contribution in [1.82, 2.24) is 0 Å². The van der Waals surface area contributed by atoms with E-state index in [2.05, 4.69) is 184 Å². The van der Waals surface area contributed by atoms with Crippen molar-refractivity contribution >= 4 is 33.4 Å². The quantitative estimate of drug-likeness (QED) is 0.0903. The number of aryl methyl sites for hydroxylation is 1. The second kappa shape index (κ2) is 17.1. The number of hydrogen-bond donors (Lipinski definition) is 0. The third-order valence-electron chi connectivity index (χ3n) is 13.1. The molecule has 1 atom stereocenters. The molecule has 0 fully saturated rings. The van der Waals surface area contributed by atoms with E-state index < -0.39 is 0 Å². The summed E-state index contributed by atoms with van der Waals surface area (Å²) in [5.41, 5.74) is 14.8. The summed E-state index contributed by atoms with van der Waals surface area (Å²) in [5, 5.41) is 1.83. The first-order valence-corrected chi connectivity index (χ1v) is 22.5. The van der Waals surface area contributed by atoms with Gasteiger partial charge < -0.3 is 19.3 Å². The van der Waals surface area contributed by atoms with Crippen molar-refractivity contribution in [1.29, 1.82) is 0 Å². The van der Waals surface area contributed by atoms with E-state index in [1.807, 2.05) is 54.6 Å². The lowest BCUT2D eigenvalue weighted by molar-refractivity contribution is 0.443. The van der Waals surface area contributed by atoms with E-state index in [1.165, 1.54) is 27.8 Å². The molecule has 3 aliphatic rings. The molecule has 2 aliphatic carbocycles. The topological polar surface area (TPSA) is 24.9 Å². The first-order chi connectivity index (χ1) is 32.1. The van der Waals surface area contributed by atoms with Gasteiger partial charge in [0.25, 0.3) is 0 Å². The fourth-order valence-electron chi connectivity index (χ4n) is 9.83. The molecule has 1 aliphatic heterocycles. The Bertz CT molecular complexity index is 3240. The van der Waals surface area contributed by atoms with Crippen LogP contribution in [0.25, 0.3) is 38.6 Å². The largest absolute Gasteiger partial charge is 0.457 e. The number of para-hydroxylation sites is 1. The van der Waals surface area contributed by atoms with Gasteiger partial charge in [-0.25, -0.2) is 0 Å². The predicted molar refractivity (Wildman–Crippen MR) is 277 cm³/mol. The lowest BCUT2D eigenvalue weighted by Crippen LogP contribution is -2.32. The fourth-order valence-corrected chi connectivity index (χ4v) is 9.83. The minimum Gasteiger partial charge on any atom is -0.457 e. The zero-order chi connectivity index (χ0) is 45.5. The van der Waals surface area contributed by atoms with Crippen LogP contribution in [-0.2, 0) is 5.41 Å². The normalized spacial score (nSPS) is 16.0. The van der Waals surface area contributed by atoms with E-state index in [0.717, 1.165) is 67.9 Å². The third-order valence-corrected chi connectivity index (χ3v) is 13.1. The Morgan fingerprint density at radius 3 is 2.21 bits per heavy atom. The van der Waals surface area contributed by atoms with Gasteiger partial charge in [0.1, 0.15) is 23.0 Å². The molecule has 1 heterocycles. The summed E-state index contributed by atoms with van der Waals surface area (Å²) in [4.78, 5) is 4.48. The Morgan fingerprint density at radius 1 is 0.712 bits per heavy atom. The van der Waals surface area contributed by atoms with E-state index in [1.54, 1.807) is 6.08 Å². The van der Waals surface area contributed by atoms with Crippen molar-refractivity contribution in [3.05, 3.63) is 266 Å². The molecule has 0 aromatic heterocycles. The maximum absolute atomic E-state index is 6.81. The molecular formula is C62H52N2O2. The maximum Gasteiger partial charge on any atom is 0.136 e. The average molecular weight is 857 g/mol. The zero-order valence-corrected chi connectivity index (χ0v) is 37.8. The number of allylic oxidation sites excluding steroid dienone is 6. The summed E-state index contributed by atoms with van der Waals surface area (Å²) < 4.78 is 13.5. The number of anilines is 3. The summed E-state index contributed by atoms with van der Waals surface area (Å²) in [6.45, 7) is 24.8. The van der Waals surface area contributed by atoms with Gasteiger partial charge in [0.05, 0.1) is 6.04 Å². The van der Waals surface area contributed by atoms with Gasteiger partial charge in [-0.1, -0.05) is 162 Å². The smallest absolute Gasteiger partial charge is 0.136 e. The SMILES string of the molecule is C=CC(=CC(=C)N(c1ccccc1)C1C=CC=CC1)Oc1ccc2c3c(cccc13)OC(=CC(=C)N(c1ccc3c(c1)C(C)(C)c1ccccc1-3)c1ccc(-c3ccccc3)cc1C)C2=C. The number of rotatable bonds is 12. The molecule has 7 aromatic rings. The minimum atomic E-state index is -0.172. The van der Waals surface area contributed by atoms with Crippen LogP contribution in [0.1, 0.15) is 42.5 Å². The van der Waals surface area contributed by atoms with Gasteiger partial charge in [-0.15, -0.1) is 0 Å². The van der Waals surface area contributed by atoms with Crippen LogP contribution in [0.5, 0.6) is 11.5 Å². The highest BCUT2D eigenvalue weighted by Crippen LogP contribution is 2.51. The van der Waals surface area contributed by atoms with Crippen molar-refractivity contribution < 1.29 is 9.47 Å². The van der Waals surface area contributed by atoms with E-state index in [0.29, 0.717) is 23.0 Å². The first-order valence-electron chi connectivity index (χ1n) is 22.5. The molecule has 0 saturated carbocycles. The van der Waals surface area contributed by atoms with Gasteiger partial charge in [0.2, 0.25) is 0 Å². The molecule has 0 amide bonds. The van der Waals surface area contributed by atoms with E-state index in [-0.39, 0.29) is 11.5 Å². The summed E-state index contributed by atoms with van der Waals surface area (Å²) in [7, 11) is 0. The van der Waals surface area contributed by atoms with Crippen LogP contribution in [-0.4, -0.2) is 6.04 Å². The zero-order valence-electron chi connectivity index (χ0n) is 37.8. The van der Waals surface area contributed by atoms with Crippen LogP contribution in [0, 0.1) is 6.92 Å². The molecule has 4 nitrogen and oxygen atoms in total. The number of nitrogens with zero attached hydrogens (tertiary/aromatic N) is 2. The van der Waals surface area contributed by atoms with E-state index in [4.69, 9.17) is 16.1 Å². The Balaban J connectivity index is 0.989. The number of ether oxygens (including phenoxy) is 2. The van der Waals surface area contributed by atoms with Crippen LogP contribution < -0.4 is 19.3 Å². The van der Waals surface area contributed by atoms with Gasteiger partial charge in [-0.05, 0) is 119 Å². The molecule has 7 aromatic carbocycles. The molecule has 10 rings (SSSR count). The van der Waals surface area contributed by atoms with E-state index >= 15 is 0 Å². The second-order valence-corrected chi connectivity index (χ2v) is 17.6. The molecule has 0 spiro atoms. The lowest BCUT2D eigenvalue weighted by Gasteiger charge is -2.33. The molecule has 4 heteroatoms. The van der Waals surface area contributed by atoms with Gasteiger partial charge >= 0.3 is 0 Å². The fraction of sp³-hybridized carbons (Fsp3) is 0.0968. The Labute approximate surface area is 389 Å². The molecule has 0 radical (unpaired) electrons. The van der Waals surface area contributed by atoms with E-state index in [9.17, 15) is 0 Å². The highest BCUT2D eigenvalue weighted by Gasteiger charge is 2.36. The minimum absolute atomic E-state index is 0.115.